The Morgan fingerprint density at radius 1 is 1.07 bits per heavy atom. The number of carbonyl (C=O) groups excluding carboxylic acids is 1. The van der Waals surface area contributed by atoms with Gasteiger partial charge in [0.25, 0.3) is 5.91 Å². The highest BCUT2D eigenvalue weighted by atomic mass is 32.2. The molecular formula is C22H24N4O3S. The molecule has 1 aromatic heterocycles. The first-order valence-electron chi connectivity index (χ1n) is 9.87. The van der Waals surface area contributed by atoms with Crippen molar-refractivity contribution >= 4 is 32.3 Å². The lowest BCUT2D eigenvalue weighted by Gasteiger charge is -2.18. The van der Waals surface area contributed by atoms with Gasteiger partial charge in [0.15, 0.2) is 15.5 Å². The molecule has 8 heteroatoms. The molecule has 30 heavy (non-hydrogen) atoms. The van der Waals surface area contributed by atoms with E-state index in [0.717, 1.165) is 16.5 Å². The SMILES string of the molecule is CNC(=O)c1nnc2cc(-c3ccc(S(C)(=O)=O)cc3)ccc2c1N[C@H](C)C1CC1. The van der Waals surface area contributed by atoms with Crippen LogP contribution in [0.2, 0.25) is 0 Å². The third-order valence-corrected chi connectivity index (χ3v) is 6.65. The Morgan fingerprint density at radius 2 is 1.73 bits per heavy atom. The average Bonchev–Trinajstić information content (AvgIpc) is 3.58. The van der Waals surface area contributed by atoms with Crippen LogP contribution in [0.3, 0.4) is 0 Å². The molecule has 1 fully saturated rings. The summed E-state index contributed by atoms with van der Waals surface area (Å²) in [5, 5.41) is 15.4. The van der Waals surface area contributed by atoms with Gasteiger partial charge in [-0.1, -0.05) is 18.2 Å². The Balaban J connectivity index is 1.76. The molecule has 1 saturated carbocycles. The molecule has 0 spiro atoms. The Morgan fingerprint density at radius 3 is 2.33 bits per heavy atom. The number of hydrogen-bond acceptors (Lipinski definition) is 6. The van der Waals surface area contributed by atoms with Gasteiger partial charge in [-0.25, -0.2) is 8.42 Å². The van der Waals surface area contributed by atoms with Crippen molar-refractivity contribution < 1.29 is 13.2 Å². The lowest BCUT2D eigenvalue weighted by molar-refractivity contribution is 0.0958. The summed E-state index contributed by atoms with van der Waals surface area (Å²) < 4.78 is 23.4. The van der Waals surface area contributed by atoms with Crippen molar-refractivity contribution in [2.75, 3.05) is 18.6 Å². The fourth-order valence-electron chi connectivity index (χ4n) is 3.55. The van der Waals surface area contributed by atoms with Gasteiger partial charge >= 0.3 is 0 Å². The van der Waals surface area contributed by atoms with Crippen molar-refractivity contribution in [3.63, 3.8) is 0 Å². The molecule has 1 aliphatic carbocycles. The minimum atomic E-state index is -3.24. The maximum Gasteiger partial charge on any atom is 0.273 e. The van der Waals surface area contributed by atoms with Crippen LogP contribution in [0.4, 0.5) is 5.69 Å². The quantitative estimate of drug-likeness (QED) is 0.630. The maximum atomic E-state index is 12.3. The summed E-state index contributed by atoms with van der Waals surface area (Å²) in [6.07, 6.45) is 3.57. The van der Waals surface area contributed by atoms with Crippen LogP contribution in [0.5, 0.6) is 0 Å². The topological polar surface area (TPSA) is 101 Å². The third kappa shape index (κ3) is 4.00. The molecular weight excluding hydrogens is 400 g/mol. The van der Waals surface area contributed by atoms with Gasteiger partial charge in [0.1, 0.15) is 0 Å². The summed E-state index contributed by atoms with van der Waals surface area (Å²) in [6, 6.07) is 12.8. The average molecular weight is 425 g/mol. The first-order valence-corrected chi connectivity index (χ1v) is 11.8. The molecule has 2 N–H and O–H groups in total. The van der Waals surface area contributed by atoms with Crippen molar-refractivity contribution in [3.05, 3.63) is 48.2 Å². The van der Waals surface area contributed by atoms with Gasteiger partial charge in [-0.3, -0.25) is 4.79 Å². The zero-order chi connectivity index (χ0) is 21.5. The fourth-order valence-corrected chi connectivity index (χ4v) is 4.18. The molecule has 0 saturated heterocycles. The van der Waals surface area contributed by atoms with Crippen LogP contribution in [0.15, 0.2) is 47.4 Å². The number of benzene rings is 2. The smallest absolute Gasteiger partial charge is 0.273 e. The number of anilines is 1. The van der Waals surface area contributed by atoms with Crippen LogP contribution in [-0.4, -0.2) is 43.9 Å². The highest BCUT2D eigenvalue weighted by molar-refractivity contribution is 7.90. The van der Waals surface area contributed by atoms with Crippen molar-refractivity contribution in [3.8, 4) is 11.1 Å². The molecule has 0 radical (unpaired) electrons. The summed E-state index contributed by atoms with van der Waals surface area (Å²) in [6.45, 7) is 2.12. The van der Waals surface area contributed by atoms with Crippen LogP contribution < -0.4 is 10.6 Å². The van der Waals surface area contributed by atoms with E-state index in [-0.39, 0.29) is 22.5 Å². The molecule has 156 valence electrons. The van der Waals surface area contributed by atoms with E-state index in [0.29, 0.717) is 17.1 Å². The molecule has 0 unspecified atom stereocenters. The molecule has 3 aromatic rings. The summed E-state index contributed by atoms with van der Waals surface area (Å²) in [5.41, 5.74) is 3.41. The van der Waals surface area contributed by atoms with Crippen molar-refractivity contribution in [1.29, 1.82) is 0 Å². The van der Waals surface area contributed by atoms with Gasteiger partial charge in [-0.2, -0.15) is 0 Å². The predicted molar refractivity (Wildman–Crippen MR) is 117 cm³/mol. The van der Waals surface area contributed by atoms with Gasteiger partial charge in [0.2, 0.25) is 0 Å². The van der Waals surface area contributed by atoms with Crippen LogP contribution in [0, 0.1) is 5.92 Å². The number of hydrogen-bond donors (Lipinski definition) is 2. The number of aromatic nitrogens is 2. The summed E-state index contributed by atoms with van der Waals surface area (Å²) in [4.78, 5) is 12.6. The van der Waals surface area contributed by atoms with E-state index in [1.807, 2.05) is 18.2 Å². The van der Waals surface area contributed by atoms with Gasteiger partial charge in [-0.15, -0.1) is 10.2 Å². The maximum absolute atomic E-state index is 12.3. The normalized spacial score (nSPS) is 15.0. The number of amides is 1. The van der Waals surface area contributed by atoms with E-state index in [2.05, 4.69) is 27.8 Å². The van der Waals surface area contributed by atoms with Crippen molar-refractivity contribution in [1.82, 2.24) is 15.5 Å². The minimum absolute atomic E-state index is 0.240. The highest BCUT2D eigenvalue weighted by Crippen LogP contribution is 2.36. The van der Waals surface area contributed by atoms with Gasteiger partial charge in [0, 0.05) is 24.7 Å². The van der Waals surface area contributed by atoms with Gasteiger partial charge < -0.3 is 10.6 Å². The molecule has 0 bridgehead atoms. The first kappa shape index (κ1) is 20.3. The van der Waals surface area contributed by atoms with Gasteiger partial charge in [0.05, 0.1) is 16.1 Å². The molecule has 1 amide bonds. The van der Waals surface area contributed by atoms with E-state index < -0.39 is 9.84 Å². The molecule has 2 aromatic carbocycles. The number of fused-ring (bicyclic) bond motifs is 1. The second kappa shape index (κ2) is 7.68. The predicted octanol–water partition coefficient (Wildman–Crippen LogP) is 3.27. The summed E-state index contributed by atoms with van der Waals surface area (Å²) >= 11 is 0. The number of rotatable bonds is 6. The monoisotopic (exact) mass is 424 g/mol. The van der Waals surface area contributed by atoms with Crippen molar-refractivity contribution in [2.45, 2.75) is 30.7 Å². The zero-order valence-corrected chi connectivity index (χ0v) is 18.0. The molecule has 7 nitrogen and oxygen atoms in total. The fraction of sp³-hybridized carbons (Fsp3) is 0.318. The number of nitrogens with one attached hydrogen (secondary N) is 2. The lowest BCUT2D eigenvalue weighted by atomic mass is 10.0. The molecule has 1 aliphatic rings. The largest absolute Gasteiger partial charge is 0.380 e. The summed E-state index contributed by atoms with van der Waals surface area (Å²) in [5.74, 6) is 0.328. The van der Waals surface area contributed by atoms with Crippen molar-refractivity contribution in [2.24, 2.45) is 5.92 Å². The van der Waals surface area contributed by atoms with Crippen LogP contribution >= 0.6 is 0 Å². The second-order valence-electron chi connectivity index (χ2n) is 7.80. The van der Waals surface area contributed by atoms with E-state index in [4.69, 9.17) is 0 Å². The van der Waals surface area contributed by atoms with Gasteiger partial charge in [-0.05, 0) is 61.1 Å². The second-order valence-corrected chi connectivity index (χ2v) is 9.82. The Kier molecular flexibility index (Phi) is 5.19. The Bertz CT molecular complexity index is 1220. The van der Waals surface area contributed by atoms with Crippen LogP contribution in [0.1, 0.15) is 30.3 Å². The summed E-state index contributed by atoms with van der Waals surface area (Å²) in [7, 11) is -1.66. The lowest BCUT2D eigenvalue weighted by Crippen LogP contribution is -2.25. The first-order chi connectivity index (χ1) is 14.3. The van der Waals surface area contributed by atoms with E-state index in [1.165, 1.54) is 19.1 Å². The molecule has 1 atom stereocenters. The molecule has 0 aliphatic heterocycles. The number of sulfone groups is 1. The zero-order valence-electron chi connectivity index (χ0n) is 17.1. The van der Waals surface area contributed by atoms with E-state index >= 15 is 0 Å². The molecule has 1 heterocycles. The van der Waals surface area contributed by atoms with Crippen LogP contribution in [0.25, 0.3) is 22.0 Å². The van der Waals surface area contributed by atoms with E-state index in [1.54, 1.807) is 31.3 Å². The Hall–Kier alpha value is -3.00. The highest BCUT2D eigenvalue weighted by Gasteiger charge is 2.29. The van der Waals surface area contributed by atoms with E-state index in [9.17, 15) is 13.2 Å². The van der Waals surface area contributed by atoms with Crippen LogP contribution in [-0.2, 0) is 9.84 Å². The Labute approximate surface area is 175 Å². The molecule has 4 rings (SSSR count). The minimum Gasteiger partial charge on any atom is -0.380 e. The third-order valence-electron chi connectivity index (χ3n) is 5.52. The number of nitrogens with zero attached hydrogens (tertiary/aromatic N) is 2. The standard InChI is InChI=1S/C22H24N4O3S/c1-13(14-4-5-14)24-20-18-11-8-16(12-19(18)25-26-21(20)22(27)23-2)15-6-9-17(10-7-15)30(3,28)29/h6-14H,4-5H2,1-3H3,(H,23,27)(H,24,25)/t13-/m1/s1. The number of carbonyl (C=O) groups is 1.